The molecule has 1 saturated carbocycles. The highest BCUT2D eigenvalue weighted by Crippen LogP contribution is 2.27. The Morgan fingerprint density at radius 2 is 2.27 bits per heavy atom. The SMILES string of the molecule is Cc1noc(NC(=O)CC2CCCC2)n1. The Hall–Kier alpha value is -1.39. The Morgan fingerprint density at radius 3 is 2.87 bits per heavy atom. The molecule has 0 radical (unpaired) electrons. The molecule has 1 aliphatic carbocycles. The minimum atomic E-state index is -0.0226. The summed E-state index contributed by atoms with van der Waals surface area (Å²) < 4.78 is 4.81. The lowest BCUT2D eigenvalue weighted by atomic mass is 10.0. The molecule has 1 fully saturated rings. The quantitative estimate of drug-likeness (QED) is 0.825. The Morgan fingerprint density at radius 1 is 1.53 bits per heavy atom. The lowest BCUT2D eigenvalue weighted by Crippen LogP contribution is -2.15. The number of nitrogens with one attached hydrogen (secondary N) is 1. The molecule has 2 rings (SSSR count). The number of hydrogen-bond donors (Lipinski definition) is 1. The van der Waals surface area contributed by atoms with Crippen LogP contribution < -0.4 is 5.32 Å². The van der Waals surface area contributed by atoms with Crippen LogP contribution in [-0.4, -0.2) is 16.0 Å². The molecule has 5 nitrogen and oxygen atoms in total. The van der Waals surface area contributed by atoms with E-state index >= 15 is 0 Å². The van der Waals surface area contributed by atoms with Crippen molar-refractivity contribution >= 4 is 11.9 Å². The largest absolute Gasteiger partial charge is 0.328 e. The van der Waals surface area contributed by atoms with Gasteiger partial charge >= 0.3 is 6.01 Å². The van der Waals surface area contributed by atoms with Crippen molar-refractivity contribution in [2.24, 2.45) is 5.92 Å². The number of anilines is 1. The first-order valence-corrected chi connectivity index (χ1v) is 5.34. The third kappa shape index (κ3) is 2.78. The van der Waals surface area contributed by atoms with E-state index in [1.54, 1.807) is 6.92 Å². The summed E-state index contributed by atoms with van der Waals surface area (Å²) in [6.07, 6.45) is 5.39. The Kier molecular flexibility index (Phi) is 2.99. The molecule has 0 atom stereocenters. The van der Waals surface area contributed by atoms with Gasteiger partial charge in [-0.15, -0.1) is 0 Å². The van der Waals surface area contributed by atoms with Gasteiger partial charge in [0.15, 0.2) is 5.82 Å². The molecular formula is C10H15N3O2. The summed E-state index contributed by atoms with van der Waals surface area (Å²) in [6, 6.07) is 0.204. The summed E-state index contributed by atoms with van der Waals surface area (Å²) in [5, 5.41) is 6.21. The van der Waals surface area contributed by atoms with Gasteiger partial charge in [0, 0.05) is 6.42 Å². The molecule has 0 saturated heterocycles. The zero-order valence-electron chi connectivity index (χ0n) is 8.82. The topological polar surface area (TPSA) is 68.0 Å². The molecule has 1 amide bonds. The number of rotatable bonds is 3. The average Bonchev–Trinajstić information content (AvgIpc) is 2.77. The van der Waals surface area contributed by atoms with Crippen LogP contribution in [-0.2, 0) is 4.79 Å². The number of aromatic nitrogens is 2. The number of aryl methyl sites for hydroxylation is 1. The molecule has 5 heteroatoms. The van der Waals surface area contributed by atoms with Gasteiger partial charge in [-0.25, -0.2) is 0 Å². The second-order valence-electron chi connectivity index (χ2n) is 4.05. The maximum Gasteiger partial charge on any atom is 0.328 e. The van der Waals surface area contributed by atoms with Crippen LogP contribution in [0.2, 0.25) is 0 Å². The Labute approximate surface area is 88.2 Å². The highest BCUT2D eigenvalue weighted by molar-refractivity contribution is 5.88. The summed E-state index contributed by atoms with van der Waals surface area (Å²) in [7, 11) is 0. The summed E-state index contributed by atoms with van der Waals surface area (Å²) in [5.74, 6) is 1.05. The van der Waals surface area contributed by atoms with Crippen molar-refractivity contribution in [3.05, 3.63) is 5.82 Å². The predicted octanol–water partition coefficient (Wildman–Crippen LogP) is 1.90. The number of nitrogens with zero attached hydrogens (tertiary/aromatic N) is 2. The van der Waals surface area contributed by atoms with Crippen LogP contribution in [0.15, 0.2) is 4.52 Å². The van der Waals surface area contributed by atoms with Gasteiger partial charge in [-0.05, 0) is 25.7 Å². The first-order chi connectivity index (χ1) is 7.24. The molecule has 1 aromatic rings. The molecule has 0 bridgehead atoms. The van der Waals surface area contributed by atoms with E-state index in [1.807, 2.05) is 0 Å². The fourth-order valence-corrected chi connectivity index (χ4v) is 1.99. The first kappa shape index (κ1) is 10.1. The zero-order chi connectivity index (χ0) is 10.7. The molecule has 82 valence electrons. The maximum atomic E-state index is 11.5. The predicted molar refractivity (Wildman–Crippen MR) is 54.2 cm³/mol. The third-order valence-electron chi connectivity index (χ3n) is 2.72. The van der Waals surface area contributed by atoms with E-state index in [9.17, 15) is 4.79 Å². The van der Waals surface area contributed by atoms with Gasteiger partial charge in [0.05, 0.1) is 0 Å². The Balaban J connectivity index is 1.81. The highest BCUT2D eigenvalue weighted by atomic mass is 16.5. The van der Waals surface area contributed by atoms with Crippen molar-refractivity contribution < 1.29 is 9.32 Å². The molecule has 1 heterocycles. The smallest absolute Gasteiger partial charge is 0.315 e. The lowest BCUT2D eigenvalue weighted by Gasteiger charge is -2.06. The molecule has 0 unspecified atom stereocenters. The second-order valence-corrected chi connectivity index (χ2v) is 4.05. The van der Waals surface area contributed by atoms with Crippen LogP contribution in [0.1, 0.15) is 37.9 Å². The fourth-order valence-electron chi connectivity index (χ4n) is 1.99. The van der Waals surface area contributed by atoms with E-state index in [0.29, 0.717) is 18.2 Å². The van der Waals surface area contributed by atoms with Gasteiger partial charge < -0.3 is 4.52 Å². The third-order valence-corrected chi connectivity index (χ3v) is 2.72. The van der Waals surface area contributed by atoms with E-state index < -0.39 is 0 Å². The van der Waals surface area contributed by atoms with Crippen LogP contribution in [0.5, 0.6) is 0 Å². The summed E-state index contributed by atoms with van der Waals surface area (Å²) >= 11 is 0. The van der Waals surface area contributed by atoms with Gasteiger partial charge in [0.25, 0.3) is 0 Å². The molecule has 1 N–H and O–H groups in total. The van der Waals surface area contributed by atoms with Crippen molar-refractivity contribution in [1.29, 1.82) is 0 Å². The second kappa shape index (κ2) is 4.42. The normalized spacial score (nSPS) is 16.9. The van der Waals surface area contributed by atoms with Gasteiger partial charge in [0.2, 0.25) is 5.91 Å². The molecule has 1 aromatic heterocycles. The molecule has 1 aliphatic rings. The van der Waals surface area contributed by atoms with Gasteiger partial charge in [0.1, 0.15) is 0 Å². The minimum Gasteiger partial charge on any atom is -0.315 e. The number of carbonyl (C=O) groups is 1. The molecular weight excluding hydrogens is 194 g/mol. The van der Waals surface area contributed by atoms with Gasteiger partial charge in [-0.1, -0.05) is 18.0 Å². The minimum absolute atomic E-state index is 0.0226. The summed E-state index contributed by atoms with van der Waals surface area (Å²) in [6.45, 7) is 1.72. The monoisotopic (exact) mass is 209 g/mol. The number of carbonyl (C=O) groups excluding carboxylic acids is 1. The van der Waals surface area contributed by atoms with Crippen molar-refractivity contribution in [1.82, 2.24) is 10.1 Å². The van der Waals surface area contributed by atoms with E-state index in [0.717, 1.165) is 12.8 Å². The zero-order valence-corrected chi connectivity index (χ0v) is 8.82. The number of amides is 1. The van der Waals surface area contributed by atoms with Crippen molar-refractivity contribution in [2.75, 3.05) is 5.32 Å². The average molecular weight is 209 g/mol. The van der Waals surface area contributed by atoms with Crippen LogP contribution in [0.3, 0.4) is 0 Å². The molecule has 15 heavy (non-hydrogen) atoms. The van der Waals surface area contributed by atoms with E-state index in [2.05, 4.69) is 15.5 Å². The van der Waals surface area contributed by atoms with Gasteiger partial charge in [-0.2, -0.15) is 4.98 Å². The van der Waals surface area contributed by atoms with Crippen LogP contribution in [0.4, 0.5) is 6.01 Å². The standard InChI is InChI=1S/C10H15N3O2/c1-7-11-10(15-13-7)12-9(14)6-8-4-2-3-5-8/h8H,2-6H2,1H3,(H,11,12,13,14). The molecule has 0 aliphatic heterocycles. The van der Waals surface area contributed by atoms with Gasteiger partial charge in [-0.3, -0.25) is 10.1 Å². The van der Waals surface area contributed by atoms with E-state index in [4.69, 9.17) is 4.52 Å². The van der Waals surface area contributed by atoms with E-state index in [1.165, 1.54) is 12.8 Å². The highest BCUT2D eigenvalue weighted by Gasteiger charge is 2.19. The van der Waals surface area contributed by atoms with Crippen molar-refractivity contribution in [3.8, 4) is 0 Å². The van der Waals surface area contributed by atoms with Crippen molar-refractivity contribution in [3.63, 3.8) is 0 Å². The fraction of sp³-hybridized carbons (Fsp3) is 0.700. The Bertz CT molecular complexity index is 342. The summed E-state index contributed by atoms with van der Waals surface area (Å²) in [4.78, 5) is 15.5. The maximum absolute atomic E-state index is 11.5. The molecule has 0 spiro atoms. The number of hydrogen-bond acceptors (Lipinski definition) is 4. The van der Waals surface area contributed by atoms with Crippen LogP contribution >= 0.6 is 0 Å². The molecule has 0 aromatic carbocycles. The van der Waals surface area contributed by atoms with Crippen LogP contribution in [0, 0.1) is 12.8 Å². The van der Waals surface area contributed by atoms with Crippen LogP contribution in [0.25, 0.3) is 0 Å². The van der Waals surface area contributed by atoms with Crippen molar-refractivity contribution in [2.45, 2.75) is 39.0 Å². The van der Waals surface area contributed by atoms with E-state index in [-0.39, 0.29) is 11.9 Å². The lowest BCUT2D eigenvalue weighted by molar-refractivity contribution is -0.117. The first-order valence-electron chi connectivity index (χ1n) is 5.34. The summed E-state index contributed by atoms with van der Waals surface area (Å²) in [5.41, 5.74) is 0.